The van der Waals surface area contributed by atoms with Gasteiger partial charge in [-0.25, -0.2) is 9.50 Å². The number of thiophene rings is 1. The van der Waals surface area contributed by atoms with Crippen LogP contribution in [0, 0.1) is 0 Å². The van der Waals surface area contributed by atoms with Gasteiger partial charge < -0.3 is 20.3 Å². The molecule has 1 aliphatic rings. The Morgan fingerprint density at radius 2 is 2.00 bits per heavy atom. The highest BCUT2D eigenvalue weighted by molar-refractivity contribution is 7.20. The lowest BCUT2D eigenvalue weighted by Crippen LogP contribution is -2.46. The largest absolute Gasteiger partial charge is 0.434 e. The number of fused-ring (bicyclic) bond motifs is 2. The van der Waals surface area contributed by atoms with Gasteiger partial charge in [-0.1, -0.05) is 0 Å². The molecule has 5 heterocycles. The number of benzene rings is 1. The third-order valence-corrected chi connectivity index (χ3v) is 7.22. The van der Waals surface area contributed by atoms with E-state index in [-0.39, 0.29) is 34.2 Å². The van der Waals surface area contributed by atoms with Gasteiger partial charge in [0.05, 0.1) is 28.7 Å². The van der Waals surface area contributed by atoms with E-state index in [2.05, 4.69) is 30.9 Å². The Morgan fingerprint density at radius 1 is 1.16 bits per heavy atom. The highest BCUT2D eigenvalue weighted by atomic mass is 32.1. The van der Waals surface area contributed by atoms with Crippen molar-refractivity contribution in [1.29, 1.82) is 0 Å². The van der Waals surface area contributed by atoms with Crippen LogP contribution in [0.25, 0.3) is 27.0 Å². The number of carbonyl (C=O) groups is 2. The summed E-state index contributed by atoms with van der Waals surface area (Å²) in [5.74, 6) is -0.732. The molecule has 1 saturated heterocycles. The summed E-state index contributed by atoms with van der Waals surface area (Å²) >= 11 is 1.26. The van der Waals surface area contributed by atoms with Crippen molar-refractivity contribution >= 4 is 44.6 Å². The zero-order valence-electron chi connectivity index (χ0n) is 19.6. The van der Waals surface area contributed by atoms with Gasteiger partial charge in [-0.2, -0.15) is 19.0 Å². The van der Waals surface area contributed by atoms with Crippen LogP contribution in [0.4, 0.5) is 14.5 Å². The van der Waals surface area contributed by atoms with Crippen molar-refractivity contribution in [3.63, 3.8) is 0 Å². The molecule has 5 aromatic rings. The van der Waals surface area contributed by atoms with Gasteiger partial charge in [-0.3, -0.25) is 14.7 Å². The van der Waals surface area contributed by atoms with Crippen molar-refractivity contribution in [3.8, 4) is 17.0 Å². The van der Waals surface area contributed by atoms with E-state index in [0.29, 0.717) is 46.8 Å². The van der Waals surface area contributed by atoms with Gasteiger partial charge in [-0.05, 0) is 29.7 Å². The van der Waals surface area contributed by atoms with Crippen LogP contribution in [0.1, 0.15) is 20.0 Å². The predicted octanol–water partition coefficient (Wildman–Crippen LogP) is 3.23. The lowest BCUT2D eigenvalue weighted by Gasteiger charge is -2.26. The van der Waals surface area contributed by atoms with Gasteiger partial charge in [0.25, 0.3) is 11.8 Å². The van der Waals surface area contributed by atoms with Crippen molar-refractivity contribution < 1.29 is 23.1 Å². The molecule has 38 heavy (non-hydrogen) atoms. The van der Waals surface area contributed by atoms with Crippen molar-refractivity contribution in [2.45, 2.75) is 6.61 Å². The first-order chi connectivity index (χ1) is 18.5. The molecule has 0 unspecified atom stereocenters. The molecule has 0 bridgehead atoms. The summed E-state index contributed by atoms with van der Waals surface area (Å²) in [5.41, 5.74) is 1.36. The number of H-pyrrole nitrogens is 1. The maximum atomic E-state index is 13.4. The van der Waals surface area contributed by atoms with Crippen molar-refractivity contribution in [3.05, 3.63) is 59.5 Å². The molecular formula is C24H20F2N8O3S. The first kappa shape index (κ1) is 23.9. The quantitative estimate of drug-likeness (QED) is 0.303. The average Bonchev–Trinajstić information content (AvgIpc) is 3.66. The van der Waals surface area contributed by atoms with Crippen LogP contribution in [0.5, 0.6) is 5.75 Å². The number of carbonyl (C=O) groups excluding carboxylic acids is 2. The average molecular weight is 539 g/mol. The number of aromatic nitrogens is 5. The van der Waals surface area contributed by atoms with Crippen LogP contribution < -0.4 is 15.4 Å². The first-order valence-electron chi connectivity index (χ1n) is 11.6. The third kappa shape index (κ3) is 4.43. The topological polar surface area (TPSA) is 130 Å². The minimum absolute atomic E-state index is 0.109. The molecule has 0 spiro atoms. The van der Waals surface area contributed by atoms with Crippen molar-refractivity contribution in [2.24, 2.45) is 0 Å². The minimum atomic E-state index is -3.09. The highest BCUT2D eigenvalue weighted by Gasteiger charge is 2.24. The highest BCUT2D eigenvalue weighted by Crippen LogP contribution is 2.40. The van der Waals surface area contributed by atoms with Gasteiger partial charge in [0.15, 0.2) is 5.65 Å². The number of amides is 2. The number of rotatable bonds is 6. The lowest BCUT2D eigenvalue weighted by atomic mass is 10.1. The van der Waals surface area contributed by atoms with E-state index in [4.69, 9.17) is 4.74 Å². The number of hydrogen-bond acceptors (Lipinski definition) is 8. The van der Waals surface area contributed by atoms with Gasteiger partial charge in [0.2, 0.25) is 0 Å². The Bertz CT molecular complexity index is 1660. The summed E-state index contributed by atoms with van der Waals surface area (Å²) in [7, 11) is 0. The fourth-order valence-corrected chi connectivity index (χ4v) is 5.40. The molecule has 0 saturated carbocycles. The van der Waals surface area contributed by atoms with E-state index in [1.165, 1.54) is 34.3 Å². The number of hydrogen-bond donors (Lipinski definition) is 3. The Morgan fingerprint density at radius 3 is 2.82 bits per heavy atom. The number of piperazine rings is 1. The summed E-state index contributed by atoms with van der Waals surface area (Å²) in [6.45, 7) is -0.466. The Kier molecular flexibility index (Phi) is 6.17. The number of nitrogens with one attached hydrogen (secondary N) is 3. The number of anilines is 1. The fourth-order valence-electron chi connectivity index (χ4n) is 4.35. The van der Waals surface area contributed by atoms with Crippen LogP contribution in [0.2, 0.25) is 0 Å². The Labute approximate surface area is 217 Å². The molecule has 0 radical (unpaired) electrons. The van der Waals surface area contributed by atoms with E-state index >= 15 is 0 Å². The second-order valence-electron chi connectivity index (χ2n) is 8.48. The molecule has 3 N–H and O–H groups in total. The second-order valence-corrected chi connectivity index (χ2v) is 9.56. The van der Waals surface area contributed by atoms with Crippen LogP contribution in [0.15, 0.2) is 49.1 Å². The number of aromatic amines is 1. The molecule has 0 atom stereocenters. The van der Waals surface area contributed by atoms with E-state index in [1.54, 1.807) is 35.5 Å². The molecule has 194 valence electrons. The van der Waals surface area contributed by atoms with Crippen LogP contribution in [-0.2, 0) is 0 Å². The number of halogens is 2. The molecule has 14 heteroatoms. The third-order valence-electron chi connectivity index (χ3n) is 6.13. The molecule has 1 aliphatic heterocycles. The number of nitrogens with zero attached hydrogens (tertiary/aromatic N) is 5. The second kappa shape index (κ2) is 9.79. The summed E-state index contributed by atoms with van der Waals surface area (Å²) in [6, 6.07) is 6.47. The van der Waals surface area contributed by atoms with E-state index in [1.807, 2.05) is 0 Å². The van der Waals surface area contributed by atoms with Crippen molar-refractivity contribution in [1.82, 2.24) is 35.0 Å². The van der Waals surface area contributed by atoms with E-state index in [0.717, 1.165) is 0 Å². The summed E-state index contributed by atoms with van der Waals surface area (Å²) in [5, 5.41) is 17.4. The SMILES string of the molecule is O=C(Nc1cn[nH]c1-c1cc2sc(C(=O)N3CCNCC3)cc2cc1OC(F)F)c1cnn2cccnc12. The monoisotopic (exact) mass is 538 g/mol. The van der Waals surface area contributed by atoms with E-state index in [9.17, 15) is 18.4 Å². The Hall–Kier alpha value is -4.43. The summed E-state index contributed by atoms with van der Waals surface area (Å²) in [4.78, 5) is 32.5. The number of alkyl halides is 2. The smallest absolute Gasteiger partial charge is 0.387 e. The van der Waals surface area contributed by atoms with Crippen molar-refractivity contribution in [2.75, 3.05) is 31.5 Å². The van der Waals surface area contributed by atoms with Crippen LogP contribution in [-0.4, -0.2) is 74.3 Å². The molecule has 1 aromatic carbocycles. The van der Waals surface area contributed by atoms with Gasteiger partial charge in [-0.15, -0.1) is 11.3 Å². The summed E-state index contributed by atoms with van der Waals surface area (Å²) < 4.78 is 33.7. The maximum Gasteiger partial charge on any atom is 0.387 e. The minimum Gasteiger partial charge on any atom is -0.434 e. The maximum absolute atomic E-state index is 13.4. The normalized spacial score (nSPS) is 13.9. The first-order valence-corrected chi connectivity index (χ1v) is 12.5. The molecule has 11 nitrogen and oxygen atoms in total. The van der Waals surface area contributed by atoms with Gasteiger partial charge >= 0.3 is 6.61 Å². The van der Waals surface area contributed by atoms with E-state index < -0.39 is 12.5 Å². The van der Waals surface area contributed by atoms with Crippen LogP contribution >= 0.6 is 11.3 Å². The van der Waals surface area contributed by atoms with Crippen LogP contribution in [0.3, 0.4) is 0 Å². The Balaban J connectivity index is 1.36. The predicted molar refractivity (Wildman–Crippen MR) is 136 cm³/mol. The molecule has 1 fully saturated rings. The van der Waals surface area contributed by atoms with Gasteiger partial charge in [0, 0.05) is 48.8 Å². The fraction of sp³-hybridized carbons (Fsp3) is 0.208. The molecule has 6 rings (SSSR count). The molecular weight excluding hydrogens is 518 g/mol. The zero-order chi connectivity index (χ0) is 26.2. The summed E-state index contributed by atoms with van der Waals surface area (Å²) in [6.07, 6.45) is 5.96. The molecule has 2 amide bonds. The molecule has 4 aromatic heterocycles. The molecule has 0 aliphatic carbocycles. The number of ether oxygens (including phenoxy) is 1. The standard InChI is InChI=1S/C24H20F2N8O3S/c25-24(26)37-17-8-13-9-19(23(36)33-6-3-27-4-7-33)38-18(13)10-14(17)20-16(12-29-32-20)31-22(35)15-11-30-34-5-1-2-28-21(15)34/h1-2,5,8-12,24,27H,3-4,6-7H2,(H,29,32)(H,31,35). The lowest BCUT2D eigenvalue weighted by molar-refractivity contribution is -0.0493. The van der Waals surface area contributed by atoms with Gasteiger partial charge in [0.1, 0.15) is 11.3 Å². The zero-order valence-corrected chi connectivity index (χ0v) is 20.5.